The third kappa shape index (κ3) is 4.24. The Morgan fingerprint density at radius 1 is 1.33 bits per heavy atom. The minimum absolute atomic E-state index is 0.0465. The van der Waals surface area contributed by atoms with Crippen LogP contribution in [0.3, 0.4) is 0 Å². The number of imidazole rings is 1. The Balaban J connectivity index is 1.98. The zero-order valence-corrected chi connectivity index (χ0v) is 14.7. The normalized spacial score (nSPS) is 12.0. The lowest BCUT2D eigenvalue weighted by Crippen LogP contribution is -2.41. The molecule has 7 nitrogen and oxygen atoms in total. The fourth-order valence-electron chi connectivity index (χ4n) is 2.30. The van der Waals surface area contributed by atoms with Gasteiger partial charge in [0.25, 0.3) is 5.91 Å². The van der Waals surface area contributed by atoms with E-state index in [2.05, 4.69) is 15.6 Å². The molecule has 0 fully saturated rings. The molecule has 0 aliphatic carbocycles. The Labute approximate surface area is 142 Å². The molecule has 1 unspecified atom stereocenters. The van der Waals surface area contributed by atoms with E-state index in [1.807, 2.05) is 24.5 Å². The number of rotatable bonds is 6. The Morgan fingerprint density at radius 3 is 2.75 bits per heavy atom. The molecule has 3 amide bonds. The molecule has 1 heterocycles. The van der Waals surface area contributed by atoms with Gasteiger partial charge in [-0.05, 0) is 31.5 Å². The molecule has 0 aliphatic rings. The van der Waals surface area contributed by atoms with Gasteiger partial charge in [0.2, 0.25) is 0 Å². The molecule has 0 aliphatic heterocycles. The van der Waals surface area contributed by atoms with Gasteiger partial charge in [-0.25, -0.2) is 9.78 Å². The molecule has 1 aromatic carbocycles. The summed E-state index contributed by atoms with van der Waals surface area (Å²) in [5.74, 6) is -0.0465. The van der Waals surface area contributed by atoms with Crippen molar-refractivity contribution in [2.45, 2.75) is 32.9 Å². The number of benzene rings is 1. The van der Waals surface area contributed by atoms with Crippen LogP contribution in [0.25, 0.3) is 11.0 Å². The molecule has 1 atom stereocenters. The van der Waals surface area contributed by atoms with Crippen molar-refractivity contribution in [2.24, 2.45) is 0 Å². The monoisotopic (exact) mass is 331 g/mol. The molecule has 0 saturated carbocycles. The fraction of sp³-hybridized carbons (Fsp3) is 0.471. The topological polar surface area (TPSA) is 79.3 Å². The average molecular weight is 331 g/mol. The van der Waals surface area contributed by atoms with Gasteiger partial charge >= 0.3 is 6.03 Å². The standard InChI is InChI=1S/C17H25N5O2/c1-5-12(2)20-17(24)18-8-9-22-11-19-14-10-13(6-7-15(14)22)16(23)21(3)4/h6-7,10-12H,5,8-9H2,1-4H3,(H2,18,20,24). The maximum atomic E-state index is 12.0. The van der Waals surface area contributed by atoms with E-state index in [0.29, 0.717) is 18.7 Å². The Kier molecular flexibility index (Phi) is 5.78. The number of amides is 3. The van der Waals surface area contributed by atoms with Crippen LogP contribution in [0.15, 0.2) is 24.5 Å². The van der Waals surface area contributed by atoms with E-state index in [-0.39, 0.29) is 18.0 Å². The van der Waals surface area contributed by atoms with Crippen LogP contribution in [0.5, 0.6) is 0 Å². The molecule has 2 rings (SSSR count). The third-order valence-electron chi connectivity index (χ3n) is 3.90. The Bertz CT molecular complexity index is 723. The SMILES string of the molecule is CCC(C)NC(=O)NCCn1cnc2cc(C(=O)N(C)C)ccc21. The number of carbonyl (C=O) groups is 2. The second-order valence-corrected chi connectivity index (χ2v) is 6.05. The van der Waals surface area contributed by atoms with Crippen molar-refractivity contribution in [2.75, 3.05) is 20.6 Å². The largest absolute Gasteiger partial charge is 0.345 e. The molecule has 0 bridgehead atoms. The average Bonchev–Trinajstić information content (AvgIpc) is 2.96. The van der Waals surface area contributed by atoms with Crippen molar-refractivity contribution >= 4 is 23.0 Å². The smallest absolute Gasteiger partial charge is 0.315 e. The maximum Gasteiger partial charge on any atom is 0.315 e. The minimum Gasteiger partial charge on any atom is -0.345 e. The first-order valence-electron chi connectivity index (χ1n) is 8.13. The summed E-state index contributed by atoms with van der Waals surface area (Å²) in [4.78, 5) is 29.6. The van der Waals surface area contributed by atoms with E-state index in [4.69, 9.17) is 0 Å². The first-order valence-corrected chi connectivity index (χ1v) is 8.13. The van der Waals surface area contributed by atoms with Crippen LogP contribution < -0.4 is 10.6 Å². The number of nitrogens with one attached hydrogen (secondary N) is 2. The molecule has 24 heavy (non-hydrogen) atoms. The van der Waals surface area contributed by atoms with E-state index in [9.17, 15) is 9.59 Å². The summed E-state index contributed by atoms with van der Waals surface area (Å²) in [6, 6.07) is 5.47. The van der Waals surface area contributed by atoms with Gasteiger partial charge in [-0.15, -0.1) is 0 Å². The van der Waals surface area contributed by atoms with Crippen molar-refractivity contribution in [3.05, 3.63) is 30.1 Å². The summed E-state index contributed by atoms with van der Waals surface area (Å²) < 4.78 is 1.96. The molecule has 1 aromatic heterocycles. The predicted octanol–water partition coefficient (Wildman–Crippen LogP) is 1.84. The molecule has 7 heteroatoms. The van der Waals surface area contributed by atoms with Crippen molar-refractivity contribution in [3.63, 3.8) is 0 Å². The summed E-state index contributed by atoms with van der Waals surface area (Å²) in [6.45, 7) is 5.12. The van der Waals surface area contributed by atoms with Gasteiger partial charge in [-0.3, -0.25) is 4.79 Å². The van der Waals surface area contributed by atoms with Gasteiger partial charge in [0.15, 0.2) is 0 Å². The number of hydrogen-bond acceptors (Lipinski definition) is 3. The number of urea groups is 1. The number of aromatic nitrogens is 2. The maximum absolute atomic E-state index is 12.0. The van der Waals surface area contributed by atoms with E-state index >= 15 is 0 Å². The van der Waals surface area contributed by atoms with E-state index in [1.54, 1.807) is 32.6 Å². The van der Waals surface area contributed by atoms with Crippen molar-refractivity contribution < 1.29 is 9.59 Å². The molecule has 0 saturated heterocycles. The highest BCUT2D eigenvalue weighted by Crippen LogP contribution is 2.15. The Hall–Kier alpha value is -2.57. The van der Waals surface area contributed by atoms with Gasteiger partial charge in [-0.1, -0.05) is 6.92 Å². The highest BCUT2D eigenvalue weighted by molar-refractivity contribution is 5.97. The van der Waals surface area contributed by atoms with Gasteiger partial charge < -0.3 is 20.1 Å². The Morgan fingerprint density at radius 2 is 2.08 bits per heavy atom. The summed E-state index contributed by atoms with van der Waals surface area (Å²) >= 11 is 0. The quantitative estimate of drug-likeness (QED) is 0.847. The zero-order chi connectivity index (χ0) is 17.7. The van der Waals surface area contributed by atoms with Crippen LogP contribution >= 0.6 is 0 Å². The molecule has 130 valence electrons. The molecule has 0 radical (unpaired) electrons. The lowest BCUT2D eigenvalue weighted by molar-refractivity contribution is 0.0827. The van der Waals surface area contributed by atoms with Crippen LogP contribution in [-0.4, -0.2) is 53.1 Å². The zero-order valence-electron chi connectivity index (χ0n) is 14.7. The van der Waals surface area contributed by atoms with Crippen molar-refractivity contribution in [3.8, 4) is 0 Å². The van der Waals surface area contributed by atoms with Crippen LogP contribution in [0.4, 0.5) is 4.79 Å². The van der Waals surface area contributed by atoms with Crippen molar-refractivity contribution in [1.29, 1.82) is 0 Å². The minimum atomic E-state index is -0.160. The molecule has 0 spiro atoms. The molecule has 2 N–H and O–H groups in total. The number of nitrogens with zero attached hydrogens (tertiary/aromatic N) is 3. The summed E-state index contributed by atoms with van der Waals surface area (Å²) in [7, 11) is 3.45. The molecule has 2 aromatic rings. The van der Waals surface area contributed by atoms with E-state index in [1.165, 1.54) is 4.90 Å². The predicted molar refractivity (Wildman–Crippen MR) is 94.0 cm³/mol. The molecular formula is C17H25N5O2. The number of carbonyl (C=O) groups excluding carboxylic acids is 2. The lowest BCUT2D eigenvalue weighted by atomic mass is 10.2. The number of hydrogen-bond donors (Lipinski definition) is 2. The third-order valence-corrected chi connectivity index (χ3v) is 3.90. The van der Waals surface area contributed by atoms with Crippen LogP contribution in [0.1, 0.15) is 30.6 Å². The van der Waals surface area contributed by atoms with E-state index in [0.717, 1.165) is 17.5 Å². The molecular weight excluding hydrogens is 306 g/mol. The van der Waals surface area contributed by atoms with Gasteiger partial charge in [0.1, 0.15) is 0 Å². The second kappa shape index (κ2) is 7.81. The first kappa shape index (κ1) is 17.8. The first-order chi connectivity index (χ1) is 11.4. The van der Waals surface area contributed by atoms with Crippen molar-refractivity contribution in [1.82, 2.24) is 25.1 Å². The van der Waals surface area contributed by atoms with Gasteiger partial charge in [0, 0.05) is 38.8 Å². The number of fused-ring (bicyclic) bond motifs is 1. The van der Waals surface area contributed by atoms with Crippen LogP contribution in [0.2, 0.25) is 0 Å². The van der Waals surface area contributed by atoms with Gasteiger partial charge in [0.05, 0.1) is 17.4 Å². The summed E-state index contributed by atoms with van der Waals surface area (Å²) in [5.41, 5.74) is 2.32. The van der Waals surface area contributed by atoms with Crippen LogP contribution in [0, 0.1) is 0 Å². The van der Waals surface area contributed by atoms with Gasteiger partial charge in [-0.2, -0.15) is 0 Å². The van der Waals surface area contributed by atoms with Crippen LogP contribution in [-0.2, 0) is 6.54 Å². The highest BCUT2D eigenvalue weighted by Gasteiger charge is 2.11. The fourth-order valence-corrected chi connectivity index (χ4v) is 2.30. The highest BCUT2D eigenvalue weighted by atomic mass is 16.2. The summed E-state index contributed by atoms with van der Waals surface area (Å²) in [6.07, 6.45) is 2.62. The van der Waals surface area contributed by atoms with E-state index < -0.39 is 0 Å². The lowest BCUT2D eigenvalue weighted by Gasteiger charge is -2.13. The summed E-state index contributed by atoms with van der Waals surface area (Å²) in [5, 5.41) is 5.70. The second-order valence-electron chi connectivity index (χ2n) is 6.05.